The van der Waals surface area contributed by atoms with Gasteiger partial charge >= 0.3 is 0 Å². The molecule has 0 saturated heterocycles. The van der Waals surface area contributed by atoms with Crippen molar-refractivity contribution in [1.82, 2.24) is 0 Å². The van der Waals surface area contributed by atoms with Crippen molar-refractivity contribution in [3.8, 4) is 0 Å². The van der Waals surface area contributed by atoms with E-state index in [9.17, 15) is 0 Å². The molecule has 0 bridgehead atoms. The summed E-state index contributed by atoms with van der Waals surface area (Å²) in [6, 6.07) is 16.7. The van der Waals surface area contributed by atoms with E-state index >= 15 is 0 Å². The Morgan fingerprint density at radius 1 is 0.889 bits per heavy atom. The van der Waals surface area contributed by atoms with Crippen LogP contribution in [0.15, 0.2) is 66.8 Å². The summed E-state index contributed by atoms with van der Waals surface area (Å²) < 4.78 is 0. The predicted octanol–water partition coefficient (Wildman–Crippen LogP) is 4.56. The zero-order chi connectivity index (χ0) is 12.4. The second-order valence-corrected chi connectivity index (χ2v) is 4.57. The van der Waals surface area contributed by atoms with Crippen molar-refractivity contribution >= 4 is 17.5 Å². The molecule has 0 fully saturated rings. The minimum Gasteiger partial charge on any atom is -0.356 e. The average Bonchev–Trinajstić information content (AvgIpc) is 2.40. The van der Waals surface area contributed by atoms with Gasteiger partial charge in [-0.1, -0.05) is 48.6 Å². The van der Waals surface area contributed by atoms with E-state index < -0.39 is 0 Å². The SMILES string of the molecule is C=C1C=Cc2cc(Nc3ccccc3)ccc2C1. The lowest BCUT2D eigenvalue weighted by atomic mass is 9.94. The van der Waals surface area contributed by atoms with Gasteiger partial charge in [-0.25, -0.2) is 0 Å². The second kappa shape index (κ2) is 4.53. The minimum absolute atomic E-state index is 0.956. The molecule has 1 nitrogen and oxygen atoms in total. The molecule has 1 heteroatoms. The molecule has 2 aromatic rings. The Hall–Kier alpha value is -2.28. The fourth-order valence-electron chi connectivity index (χ4n) is 2.19. The molecule has 1 N–H and O–H groups in total. The standard InChI is InChI=1S/C17H15N/c1-13-7-8-15-12-17(10-9-14(15)11-13)18-16-5-3-2-4-6-16/h2-10,12,18H,1,11H2. The smallest absolute Gasteiger partial charge is 0.0390 e. The molecule has 0 atom stereocenters. The minimum atomic E-state index is 0.956. The first-order chi connectivity index (χ1) is 8.81. The first-order valence-corrected chi connectivity index (χ1v) is 6.12. The van der Waals surface area contributed by atoms with E-state index in [-0.39, 0.29) is 0 Å². The van der Waals surface area contributed by atoms with Crippen LogP contribution >= 0.6 is 0 Å². The highest BCUT2D eigenvalue weighted by Gasteiger charge is 2.07. The molecule has 0 heterocycles. The van der Waals surface area contributed by atoms with Crippen LogP contribution in [0.25, 0.3) is 6.08 Å². The van der Waals surface area contributed by atoms with Crippen LogP contribution in [0.1, 0.15) is 11.1 Å². The third kappa shape index (κ3) is 2.21. The number of fused-ring (bicyclic) bond motifs is 1. The van der Waals surface area contributed by atoms with Crippen molar-refractivity contribution in [3.05, 3.63) is 77.9 Å². The van der Waals surface area contributed by atoms with Crippen LogP contribution in [0.5, 0.6) is 0 Å². The van der Waals surface area contributed by atoms with Crippen LogP contribution in [0, 0.1) is 0 Å². The third-order valence-electron chi connectivity index (χ3n) is 3.12. The van der Waals surface area contributed by atoms with Crippen LogP contribution in [0.2, 0.25) is 0 Å². The maximum Gasteiger partial charge on any atom is 0.0390 e. The van der Waals surface area contributed by atoms with Gasteiger partial charge in [0.1, 0.15) is 0 Å². The molecule has 2 aromatic carbocycles. The van der Waals surface area contributed by atoms with Gasteiger partial charge in [-0.3, -0.25) is 0 Å². The summed E-state index contributed by atoms with van der Waals surface area (Å²) in [6.45, 7) is 4.00. The summed E-state index contributed by atoms with van der Waals surface area (Å²) in [7, 11) is 0. The zero-order valence-electron chi connectivity index (χ0n) is 10.2. The lowest BCUT2D eigenvalue weighted by Crippen LogP contribution is -1.98. The zero-order valence-corrected chi connectivity index (χ0v) is 10.2. The number of hydrogen-bond donors (Lipinski definition) is 1. The maximum absolute atomic E-state index is 4.00. The van der Waals surface area contributed by atoms with E-state index in [2.05, 4.69) is 54.4 Å². The molecule has 1 aliphatic carbocycles. The van der Waals surface area contributed by atoms with Gasteiger partial charge in [-0.05, 0) is 41.8 Å². The summed E-state index contributed by atoms with van der Waals surface area (Å²) in [6.07, 6.45) is 5.18. The Kier molecular flexibility index (Phi) is 2.73. The molecule has 0 amide bonds. The Balaban J connectivity index is 1.88. The number of nitrogens with one attached hydrogen (secondary N) is 1. The highest BCUT2D eigenvalue weighted by Crippen LogP contribution is 2.26. The second-order valence-electron chi connectivity index (χ2n) is 4.57. The summed E-state index contributed by atoms with van der Waals surface area (Å²) in [5.74, 6) is 0. The molecule has 0 saturated carbocycles. The van der Waals surface area contributed by atoms with E-state index in [0.29, 0.717) is 0 Å². The Bertz CT molecular complexity index is 609. The topological polar surface area (TPSA) is 12.0 Å². The molecule has 3 rings (SSSR count). The molecule has 0 aromatic heterocycles. The Morgan fingerprint density at radius 2 is 1.72 bits per heavy atom. The monoisotopic (exact) mass is 233 g/mol. The summed E-state index contributed by atoms with van der Waals surface area (Å²) >= 11 is 0. The lowest BCUT2D eigenvalue weighted by molar-refractivity contribution is 1.18. The molecule has 18 heavy (non-hydrogen) atoms. The number of para-hydroxylation sites is 1. The van der Waals surface area contributed by atoms with E-state index in [0.717, 1.165) is 17.8 Å². The number of benzene rings is 2. The number of anilines is 2. The molecule has 88 valence electrons. The van der Waals surface area contributed by atoms with Crippen LogP contribution in [-0.4, -0.2) is 0 Å². The van der Waals surface area contributed by atoms with Gasteiger partial charge < -0.3 is 5.32 Å². The van der Waals surface area contributed by atoms with Crippen molar-refractivity contribution in [2.75, 3.05) is 5.32 Å². The molecule has 0 unspecified atom stereocenters. The number of allylic oxidation sites excluding steroid dienone is 2. The quantitative estimate of drug-likeness (QED) is 0.802. The summed E-state index contributed by atoms with van der Waals surface area (Å²) in [5, 5.41) is 3.41. The van der Waals surface area contributed by atoms with Gasteiger partial charge in [0, 0.05) is 11.4 Å². The van der Waals surface area contributed by atoms with Gasteiger partial charge in [0.15, 0.2) is 0 Å². The van der Waals surface area contributed by atoms with E-state index in [1.54, 1.807) is 0 Å². The number of hydrogen-bond acceptors (Lipinski definition) is 1. The van der Waals surface area contributed by atoms with Gasteiger partial charge in [0.25, 0.3) is 0 Å². The van der Waals surface area contributed by atoms with Crippen molar-refractivity contribution in [2.45, 2.75) is 6.42 Å². The van der Waals surface area contributed by atoms with E-state index in [1.165, 1.54) is 16.7 Å². The largest absolute Gasteiger partial charge is 0.356 e. The van der Waals surface area contributed by atoms with Crippen LogP contribution in [-0.2, 0) is 6.42 Å². The highest BCUT2D eigenvalue weighted by atomic mass is 14.9. The Labute approximate surface area is 107 Å². The summed E-state index contributed by atoms with van der Waals surface area (Å²) in [5.41, 5.74) is 6.04. The molecule has 0 spiro atoms. The third-order valence-corrected chi connectivity index (χ3v) is 3.12. The first kappa shape index (κ1) is 10.8. The van der Waals surface area contributed by atoms with Gasteiger partial charge in [-0.2, -0.15) is 0 Å². The van der Waals surface area contributed by atoms with E-state index in [4.69, 9.17) is 0 Å². The van der Waals surface area contributed by atoms with Crippen LogP contribution in [0.4, 0.5) is 11.4 Å². The molecule has 0 radical (unpaired) electrons. The van der Waals surface area contributed by atoms with Gasteiger partial charge in [0.05, 0.1) is 0 Å². The van der Waals surface area contributed by atoms with Crippen molar-refractivity contribution in [1.29, 1.82) is 0 Å². The fraction of sp³-hybridized carbons (Fsp3) is 0.0588. The van der Waals surface area contributed by atoms with Crippen LogP contribution in [0.3, 0.4) is 0 Å². The summed E-state index contributed by atoms with van der Waals surface area (Å²) in [4.78, 5) is 0. The average molecular weight is 233 g/mol. The molecule has 0 aliphatic heterocycles. The van der Waals surface area contributed by atoms with Crippen molar-refractivity contribution in [3.63, 3.8) is 0 Å². The van der Waals surface area contributed by atoms with Crippen molar-refractivity contribution in [2.24, 2.45) is 0 Å². The normalized spacial score (nSPS) is 13.2. The lowest BCUT2D eigenvalue weighted by Gasteiger charge is -2.14. The molecule has 1 aliphatic rings. The molecular weight excluding hydrogens is 218 g/mol. The van der Waals surface area contributed by atoms with Crippen molar-refractivity contribution < 1.29 is 0 Å². The first-order valence-electron chi connectivity index (χ1n) is 6.12. The van der Waals surface area contributed by atoms with Gasteiger partial charge in [-0.15, -0.1) is 0 Å². The predicted molar refractivity (Wildman–Crippen MR) is 78.0 cm³/mol. The molecular formula is C17H15N. The maximum atomic E-state index is 4.00. The fourth-order valence-corrected chi connectivity index (χ4v) is 2.19. The number of rotatable bonds is 2. The Morgan fingerprint density at radius 3 is 2.56 bits per heavy atom. The highest BCUT2D eigenvalue weighted by molar-refractivity contribution is 5.69. The van der Waals surface area contributed by atoms with Gasteiger partial charge in [0.2, 0.25) is 0 Å². The van der Waals surface area contributed by atoms with E-state index in [1.807, 2.05) is 18.2 Å². The van der Waals surface area contributed by atoms with Crippen LogP contribution < -0.4 is 5.32 Å².